The number of esters is 1. The molecule has 0 bridgehead atoms. The second kappa shape index (κ2) is 3.71. The number of ether oxygens (including phenoxy) is 1. The number of aliphatic hydroxyl groups excluding tert-OH is 2. The van der Waals surface area contributed by atoms with Crippen LogP contribution in [0.4, 0.5) is 0 Å². The van der Waals surface area contributed by atoms with Gasteiger partial charge in [0.2, 0.25) is 5.91 Å². The molecule has 0 unspecified atom stereocenters. The van der Waals surface area contributed by atoms with Crippen molar-refractivity contribution in [2.75, 3.05) is 7.11 Å². The monoisotopic (exact) mass is 189 g/mol. The van der Waals surface area contributed by atoms with E-state index in [1.807, 2.05) is 0 Å². The van der Waals surface area contributed by atoms with Crippen molar-refractivity contribution < 1.29 is 24.5 Å². The minimum absolute atomic E-state index is 0.120. The maximum atomic E-state index is 10.7. The summed E-state index contributed by atoms with van der Waals surface area (Å²) in [5.74, 6) is -1.12. The maximum Gasteiger partial charge on any atom is 0.337 e. The Morgan fingerprint density at radius 1 is 1.69 bits per heavy atom. The largest absolute Gasteiger partial charge is 0.467 e. The van der Waals surface area contributed by atoms with E-state index in [0.717, 1.165) is 7.11 Å². The zero-order valence-electron chi connectivity index (χ0n) is 7.06. The fourth-order valence-corrected chi connectivity index (χ4v) is 1.07. The lowest BCUT2D eigenvalue weighted by Crippen LogP contribution is -2.59. The summed E-state index contributed by atoms with van der Waals surface area (Å²) < 4.78 is 4.22. The van der Waals surface area contributed by atoms with Gasteiger partial charge in [-0.15, -0.1) is 0 Å². The highest BCUT2D eigenvalue weighted by atomic mass is 16.5. The van der Waals surface area contributed by atoms with Gasteiger partial charge in [-0.05, 0) is 0 Å². The van der Waals surface area contributed by atoms with Crippen LogP contribution < -0.4 is 5.32 Å². The number of β-lactam (4-membered cyclic amide) rings is 1. The van der Waals surface area contributed by atoms with E-state index in [2.05, 4.69) is 10.1 Å². The Kier molecular flexibility index (Phi) is 2.84. The lowest BCUT2D eigenvalue weighted by Gasteiger charge is -2.32. The molecule has 3 atom stereocenters. The van der Waals surface area contributed by atoms with Gasteiger partial charge in [0.05, 0.1) is 13.2 Å². The molecule has 13 heavy (non-hydrogen) atoms. The third kappa shape index (κ3) is 1.96. The van der Waals surface area contributed by atoms with Crippen LogP contribution in [0.1, 0.15) is 6.42 Å². The third-order valence-electron chi connectivity index (χ3n) is 1.93. The number of aliphatic hydroxyl groups is 2. The molecule has 1 rings (SSSR count). The van der Waals surface area contributed by atoms with Crippen molar-refractivity contribution in [3.63, 3.8) is 0 Å². The standard InChI is InChI=1S/C7H11NO5/c1-13-7(12)6(11)5(10)3-2-4(9)8-3/h3,5-6,10-11H,2H2,1H3,(H,8,9)/t3-,5-,6-/m0/s1. The Morgan fingerprint density at radius 3 is 2.62 bits per heavy atom. The molecule has 1 heterocycles. The molecule has 0 aromatic heterocycles. The van der Waals surface area contributed by atoms with Gasteiger partial charge >= 0.3 is 5.97 Å². The molecular formula is C7H11NO5. The first-order chi connectivity index (χ1) is 6.06. The maximum absolute atomic E-state index is 10.7. The van der Waals surface area contributed by atoms with Gasteiger partial charge in [0.25, 0.3) is 0 Å². The van der Waals surface area contributed by atoms with Crippen molar-refractivity contribution in [2.45, 2.75) is 24.7 Å². The molecule has 0 aromatic carbocycles. The fraction of sp³-hybridized carbons (Fsp3) is 0.714. The third-order valence-corrected chi connectivity index (χ3v) is 1.93. The van der Waals surface area contributed by atoms with E-state index < -0.39 is 24.2 Å². The molecule has 6 heteroatoms. The highest BCUT2D eigenvalue weighted by Gasteiger charge is 2.38. The second-order valence-electron chi connectivity index (χ2n) is 2.84. The summed E-state index contributed by atoms with van der Waals surface area (Å²) in [4.78, 5) is 21.2. The summed E-state index contributed by atoms with van der Waals surface area (Å²) in [5.41, 5.74) is 0. The first kappa shape index (κ1) is 9.94. The van der Waals surface area contributed by atoms with Crippen molar-refractivity contribution in [3.8, 4) is 0 Å². The van der Waals surface area contributed by atoms with Gasteiger partial charge in [-0.2, -0.15) is 0 Å². The minimum Gasteiger partial charge on any atom is -0.467 e. The first-order valence-electron chi connectivity index (χ1n) is 3.79. The minimum atomic E-state index is -1.60. The van der Waals surface area contributed by atoms with Gasteiger partial charge < -0.3 is 20.3 Å². The van der Waals surface area contributed by atoms with E-state index in [9.17, 15) is 14.7 Å². The molecule has 3 N–H and O–H groups in total. The van der Waals surface area contributed by atoms with Crippen molar-refractivity contribution in [3.05, 3.63) is 0 Å². The lowest BCUT2D eigenvalue weighted by atomic mass is 9.96. The summed E-state index contributed by atoms with van der Waals surface area (Å²) in [6.07, 6.45) is -2.78. The summed E-state index contributed by atoms with van der Waals surface area (Å²) in [6.45, 7) is 0. The topological polar surface area (TPSA) is 95.9 Å². The fourth-order valence-electron chi connectivity index (χ4n) is 1.07. The van der Waals surface area contributed by atoms with Crippen molar-refractivity contribution in [1.82, 2.24) is 5.32 Å². The number of rotatable bonds is 3. The van der Waals surface area contributed by atoms with E-state index >= 15 is 0 Å². The molecule has 1 amide bonds. The number of methoxy groups -OCH3 is 1. The van der Waals surface area contributed by atoms with Crippen LogP contribution in [0.5, 0.6) is 0 Å². The number of carbonyl (C=O) groups excluding carboxylic acids is 2. The van der Waals surface area contributed by atoms with Crippen LogP contribution in [0, 0.1) is 0 Å². The molecule has 1 fully saturated rings. The normalized spacial score (nSPS) is 25.5. The zero-order valence-corrected chi connectivity index (χ0v) is 7.06. The summed E-state index contributed by atoms with van der Waals surface area (Å²) in [6, 6.07) is -0.554. The Labute approximate surface area is 74.5 Å². The van der Waals surface area contributed by atoms with Crippen LogP contribution >= 0.6 is 0 Å². The van der Waals surface area contributed by atoms with Gasteiger partial charge in [-0.25, -0.2) is 4.79 Å². The van der Waals surface area contributed by atoms with Gasteiger partial charge in [0, 0.05) is 6.42 Å². The van der Waals surface area contributed by atoms with Crippen LogP contribution in [-0.4, -0.2) is 47.4 Å². The van der Waals surface area contributed by atoms with Crippen LogP contribution in [0.3, 0.4) is 0 Å². The zero-order chi connectivity index (χ0) is 10.0. The van der Waals surface area contributed by atoms with Crippen molar-refractivity contribution in [1.29, 1.82) is 0 Å². The Bertz CT molecular complexity index is 221. The molecule has 0 aromatic rings. The van der Waals surface area contributed by atoms with E-state index in [1.54, 1.807) is 0 Å². The van der Waals surface area contributed by atoms with Gasteiger partial charge in [-0.1, -0.05) is 0 Å². The molecule has 1 aliphatic rings. The molecule has 1 saturated heterocycles. The van der Waals surface area contributed by atoms with Crippen LogP contribution in [-0.2, 0) is 14.3 Å². The second-order valence-corrected chi connectivity index (χ2v) is 2.84. The average molecular weight is 189 g/mol. The van der Waals surface area contributed by atoms with E-state index in [4.69, 9.17) is 5.11 Å². The predicted molar refractivity (Wildman–Crippen MR) is 40.6 cm³/mol. The first-order valence-corrected chi connectivity index (χ1v) is 3.79. The predicted octanol–water partition coefficient (Wildman–Crippen LogP) is -2.23. The van der Waals surface area contributed by atoms with E-state index in [1.165, 1.54) is 0 Å². The van der Waals surface area contributed by atoms with Crippen LogP contribution in [0.25, 0.3) is 0 Å². The molecule has 6 nitrogen and oxygen atoms in total. The number of hydrogen-bond acceptors (Lipinski definition) is 5. The number of hydrogen-bond donors (Lipinski definition) is 3. The molecule has 1 aliphatic heterocycles. The molecule has 0 spiro atoms. The van der Waals surface area contributed by atoms with Gasteiger partial charge in [-0.3, -0.25) is 4.79 Å². The van der Waals surface area contributed by atoms with Gasteiger partial charge in [0.15, 0.2) is 6.10 Å². The summed E-state index contributed by atoms with van der Waals surface area (Å²) >= 11 is 0. The van der Waals surface area contributed by atoms with Gasteiger partial charge in [0.1, 0.15) is 6.10 Å². The quantitative estimate of drug-likeness (QED) is 0.345. The lowest BCUT2D eigenvalue weighted by molar-refractivity contribution is -0.160. The SMILES string of the molecule is COC(=O)[C@@H](O)[C@@H](O)[C@@H]1CC(=O)N1. The highest BCUT2D eigenvalue weighted by Crippen LogP contribution is 2.12. The van der Waals surface area contributed by atoms with E-state index in [0.29, 0.717) is 0 Å². The smallest absolute Gasteiger partial charge is 0.337 e. The summed E-state index contributed by atoms with van der Waals surface area (Å²) in [7, 11) is 1.11. The van der Waals surface area contributed by atoms with Crippen LogP contribution in [0.2, 0.25) is 0 Å². The molecule has 0 radical (unpaired) electrons. The van der Waals surface area contributed by atoms with E-state index in [-0.39, 0.29) is 12.3 Å². The van der Waals surface area contributed by atoms with Crippen molar-refractivity contribution in [2.24, 2.45) is 0 Å². The molecule has 0 aliphatic carbocycles. The Balaban J connectivity index is 2.42. The number of amides is 1. The summed E-state index contributed by atoms with van der Waals surface area (Å²) in [5, 5.41) is 20.8. The van der Waals surface area contributed by atoms with Crippen molar-refractivity contribution >= 4 is 11.9 Å². The Hall–Kier alpha value is -1.14. The van der Waals surface area contributed by atoms with Crippen LogP contribution in [0.15, 0.2) is 0 Å². The molecule has 74 valence electrons. The highest BCUT2D eigenvalue weighted by molar-refractivity contribution is 5.84. The Morgan fingerprint density at radius 2 is 2.23 bits per heavy atom. The molecular weight excluding hydrogens is 178 g/mol. The number of carbonyl (C=O) groups is 2. The molecule has 0 saturated carbocycles. The average Bonchev–Trinajstić information content (AvgIpc) is 2.09. The number of nitrogens with one attached hydrogen (secondary N) is 1.